The Hall–Kier alpha value is -2.93. The lowest BCUT2D eigenvalue weighted by Crippen LogP contribution is -2.33. The van der Waals surface area contributed by atoms with E-state index in [2.05, 4.69) is 15.4 Å². The van der Waals surface area contributed by atoms with Crippen LogP contribution in [0, 0.1) is 17.6 Å². The highest BCUT2D eigenvalue weighted by molar-refractivity contribution is 7.19. The van der Waals surface area contributed by atoms with Crippen molar-refractivity contribution >= 4 is 27.9 Å². The molecule has 0 atom stereocenters. The third kappa shape index (κ3) is 4.14. The van der Waals surface area contributed by atoms with Gasteiger partial charge in [-0.05, 0) is 18.7 Å². The first-order valence-electron chi connectivity index (χ1n) is 9.36. The van der Waals surface area contributed by atoms with Crippen molar-refractivity contribution in [2.24, 2.45) is 18.7 Å². The molecule has 31 heavy (non-hydrogen) atoms. The second-order valence-electron chi connectivity index (χ2n) is 6.95. The van der Waals surface area contributed by atoms with Gasteiger partial charge in [-0.3, -0.25) is 9.48 Å². The van der Waals surface area contributed by atoms with Gasteiger partial charge >= 0.3 is 0 Å². The van der Waals surface area contributed by atoms with Crippen molar-refractivity contribution in [2.75, 3.05) is 30.8 Å². The highest BCUT2D eigenvalue weighted by atomic mass is 32.1. The maximum Gasteiger partial charge on any atom is 0.277 e. The summed E-state index contributed by atoms with van der Waals surface area (Å²) in [5, 5.41) is 6.81. The summed E-state index contributed by atoms with van der Waals surface area (Å²) in [5.74, 6) is -2.15. The van der Waals surface area contributed by atoms with E-state index in [4.69, 9.17) is 20.9 Å². The maximum atomic E-state index is 14.1. The number of carbonyl (C=O) groups is 1. The summed E-state index contributed by atoms with van der Waals surface area (Å²) in [7, 11) is 1.68. The van der Waals surface area contributed by atoms with Crippen molar-refractivity contribution < 1.29 is 23.0 Å². The van der Waals surface area contributed by atoms with Crippen LogP contribution < -0.4 is 16.8 Å². The molecule has 0 radical (unpaired) electrons. The van der Waals surface area contributed by atoms with Gasteiger partial charge in [-0.2, -0.15) is 5.10 Å². The van der Waals surface area contributed by atoms with Crippen molar-refractivity contribution in [2.45, 2.75) is 6.29 Å². The molecule has 0 spiro atoms. The molecular formula is C19H20F2N6O3S. The van der Waals surface area contributed by atoms with E-state index in [1.807, 2.05) is 0 Å². The van der Waals surface area contributed by atoms with Gasteiger partial charge in [-0.25, -0.2) is 13.8 Å². The van der Waals surface area contributed by atoms with Crippen molar-refractivity contribution in [3.05, 3.63) is 47.4 Å². The predicted molar refractivity (Wildman–Crippen MR) is 110 cm³/mol. The molecule has 164 valence electrons. The number of aryl methyl sites for hydroxylation is 1. The summed E-state index contributed by atoms with van der Waals surface area (Å²) in [6.45, 7) is 1.27. The van der Waals surface area contributed by atoms with Crippen LogP contribution in [-0.2, 0) is 16.5 Å². The number of thiazole rings is 1. The lowest BCUT2D eigenvalue weighted by Gasteiger charge is -2.29. The first-order valence-corrected chi connectivity index (χ1v) is 10.2. The minimum atomic E-state index is -0.794. The molecule has 0 saturated carbocycles. The molecule has 2 aromatic heterocycles. The standard InChI is InChI=1S/C19H20F2N6O3S/c1-27-15(19-29-7-9(5-22)8-30-19)12(6-24-27)25-17(28)14-16(23)31-18(26-14)13-10(20)3-2-4-11(13)21/h2-4,6,9,19H,5,7-8,22-23H2,1H3,(H,25,28)/t9-,19+. The van der Waals surface area contributed by atoms with Crippen molar-refractivity contribution in [3.8, 4) is 10.6 Å². The molecule has 1 aromatic carbocycles. The van der Waals surface area contributed by atoms with Crippen molar-refractivity contribution in [1.29, 1.82) is 0 Å². The highest BCUT2D eigenvalue weighted by Crippen LogP contribution is 2.35. The first-order chi connectivity index (χ1) is 14.9. The van der Waals surface area contributed by atoms with E-state index in [0.717, 1.165) is 23.5 Å². The zero-order valence-corrected chi connectivity index (χ0v) is 17.3. The van der Waals surface area contributed by atoms with Crippen LogP contribution in [-0.4, -0.2) is 40.4 Å². The zero-order valence-electron chi connectivity index (χ0n) is 16.5. The van der Waals surface area contributed by atoms with Crippen LogP contribution >= 0.6 is 11.3 Å². The number of rotatable bonds is 5. The molecular weight excluding hydrogens is 430 g/mol. The molecule has 1 aliphatic heterocycles. The normalized spacial score (nSPS) is 18.8. The molecule has 1 amide bonds. The van der Waals surface area contributed by atoms with E-state index < -0.39 is 23.8 Å². The Balaban J connectivity index is 1.57. The maximum absolute atomic E-state index is 14.1. The molecule has 4 rings (SSSR count). The fourth-order valence-electron chi connectivity index (χ4n) is 3.15. The Morgan fingerprint density at radius 1 is 1.32 bits per heavy atom. The Labute approximate surface area is 180 Å². The molecule has 3 aromatic rings. The zero-order chi connectivity index (χ0) is 22.1. The molecule has 3 heterocycles. The Morgan fingerprint density at radius 3 is 2.65 bits per heavy atom. The quantitative estimate of drug-likeness (QED) is 0.544. The molecule has 0 unspecified atom stereocenters. The lowest BCUT2D eigenvalue weighted by molar-refractivity contribution is -0.206. The van der Waals surface area contributed by atoms with Crippen molar-refractivity contribution in [1.82, 2.24) is 14.8 Å². The Kier molecular flexibility index (Phi) is 5.96. The smallest absolute Gasteiger partial charge is 0.277 e. The summed E-state index contributed by atoms with van der Waals surface area (Å²) < 4.78 is 41.1. The molecule has 0 bridgehead atoms. The van der Waals surface area contributed by atoms with Crippen LogP contribution in [0.2, 0.25) is 0 Å². The van der Waals surface area contributed by atoms with Gasteiger partial charge in [-0.1, -0.05) is 17.4 Å². The predicted octanol–water partition coefficient (Wildman–Crippen LogP) is 2.28. The van der Waals surface area contributed by atoms with Crippen LogP contribution in [0.25, 0.3) is 10.6 Å². The average molecular weight is 450 g/mol. The van der Waals surface area contributed by atoms with Crippen LogP contribution in [0.3, 0.4) is 0 Å². The highest BCUT2D eigenvalue weighted by Gasteiger charge is 2.29. The third-order valence-electron chi connectivity index (χ3n) is 4.80. The van der Waals surface area contributed by atoms with Crippen LogP contribution in [0.15, 0.2) is 24.4 Å². The molecule has 0 aliphatic carbocycles. The number of nitrogens with one attached hydrogen (secondary N) is 1. The van der Waals surface area contributed by atoms with E-state index in [1.54, 1.807) is 7.05 Å². The number of aromatic nitrogens is 3. The summed E-state index contributed by atoms with van der Waals surface area (Å²) in [6, 6.07) is 3.46. The van der Waals surface area contributed by atoms with Crippen LogP contribution in [0.5, 0.6) is 0 Å². The fourth-order valence-corrected chi connectivity index (χ4v) is 4.02. The van der Waals surface area contributed by atoms with Crippen LogP contribution in [0.1, 0.15) is 22.5 Å². The van der Waals surface area contributed by atoms with Gasteiger partial charge in [0.1, 0.15) is 27.3 Å². The van der Waals surface area contributed by atoms with E-state index in [1.165, 1.54) is 16.9 Å². The number of nitrogen functional groups attached to an aromatic ring is 1. The van der Waals surface area contributed by atoms with Gasteiger partial charge in [0, 0.05) is 13.0 Å². The fraction of sp³-hybridized carbons (Fsp3) is 0.316. The second-order valence-corrected chi connectivity index (χ2v) is 7.98. The first kappa shape index (κ1) is 21.3. The van der Waals surface area contributed by atoms with E-state index in [0.29, 0.717) is 31.1 Å². The summed E-state index contributed by atoms with van der Waals surface area (Å²) in [4.78, 5) is 16.9. The second kappa shape index (κ2) is 8.67. The number of nitrogens with two attached hydrogens (primary N) is 2. The molecule has 1 saturated heterocycles. The van der Waals surface area contributed by atoms with Crippen molar-refractivity contribution in [3.63, 3.8) is 0 Å². The molecule has 1 fully saturated rings. The summed E-state index contributed by atoms with van der Waals surface area (Å²) >= 11 is 0.819. The topological polar surface area (TPSA) is 130 Å². The monoisotopic (exact) mass is 450 g/mol. The number of hydrogen-bond acceptors (Lipinski definition) is 8. The Morgan fingerprint density at radius 2 is 2.00 bits per heavy atom. The number of nitrogens with zero attached hydrogens (tertiary/aromatic N) is 3. The minimum Gasteiger partial charge on any atom is -0.389 e. The number of halogens is 2. The van der Waals surface area contributed by atoms with E-state index >= 15 is 0 Å². The van der Waals surface area contributed by atoms with Gasteiger partial charge in [0.25, 0.3) is 5.91 Å². The Bertz CT molecular complexity index is 1090. The van der Waals surface area contributed by atoms with Gasteiger partial charge < -0.3 is 26.3 Å². The molecule has 5 N–H and O–H groups in total. The number of benzene rings is 1. The largest absolute Gasteiger partial charge is 0.389 e. The summed E-state index contributed by atoms with van der Waals surface area (Å²) in [6.07, 6.45) is 0.705. The van der Waals surface area contributed by atoms with E-state index in [-0.39, 0.29) is 27.2 Å². The summed E-state index contributed by atoms with van der Waals surface area (Å²) in [5.41, 5.74) is 11.9. The average Bonchev–Trinajstić information content (AvgIpc) is 3.30. The SMILES string of the molecule is Cn1ncc(NC(=O)c2nc(-c3c(F)cccc3F)sc2N)c1[C@H]1OC[C@@H](CN)CO1. The van der Waals surface area contributed by atoms with Gasteiger partial charge in [0.05, 0.1) is 30.7 Å². The number of carbonyl (C=O) groups excluding carboxylic acids is 1. The number of hydrogen-bond donors (Lipinski definition) is 3. The number of ether oxygens (including phenoxy) is 2. The number of anilines is 2. The molecule has 9 nitrogen and oxygen atoms in total. The molecule has 1 aliphatic rings. The minimum absolute atomic E-state index is 0.0246. The van der Waals surface area contributed by atoms with Gasteiger partial charge in [-0.15, -0.1) is 0 Å². The number of amides is 1. The molecule has 12 heteroatoms. The van der Waals surface area contributed by atoms with Crippen LogP contribution in [0.4, 0.5) is 19.5 Å². The third-order valence-corrected chi connectivity index (χ3v) is 5.70. The van der Waals surface area contributed by atoms with Gasteiger partial charge in [0.15, 0.2) is 5.69 Å². The lowest BCUT2D eigenvalue weighted by atomic mass is 10.1. The van der Waals surface area contributed by atoms with E-state index in [9.17, 15) is 13.6 Å². The van der Waals surface area contributed by atoms with Gasteiger partial charge in [0.2, 0.25) is 6.29 Å².